The Labute approximate surface area is 248 Å². The van der Waals surface area contributed by atoms with Crippen LogP contribution in [0.15, 0.2) is 33.7 Å². The van der Waals surface area contributed by atoms with Gasteiger partial charge in [0.05, 0.1) is 34.3 Å². The molecule has 1 aliphatic heterocycles. The summed E-state index contributed by atoms with van der Waals surface area (Å²) in [5.41, 5.74) is -0.107. The van der Waals surface area contributed by atoms with E-state index in [2.05, 4.69) is 37.7 Å². The van der Waals surface area contributed by atoms with Crippen molar-refractivity contribution >= 4 is 33.0 Å². The minimum atomic E-state index is -4.52. The number of aryl methyl sites for hydroxylation is 1. The van der Waals surface area contributed by atoms with Crippen molar-refractivity contribution in [3.8, 4) is 10.7 Å². The van der Waals surface area contributed by atoms with Crippen LogP contribution in [0.1, 0.15) is 54.9 Å². The molecule has 0 radical (unpaired) electrons. The number of benzene rings is 1. The van der Waals surface area contributed by atoms with Gasteiger partial charge in [-0.2, -0.15) is 18.2 Å². The molecular weight excluding hydrogens is 590 g/mol. The summed E-state index contributed by atoms with van der Waals surface area (Å²) >= 11 is 1.07. The average molecular weight is 624 g/mol. The largest absolute Gasteiger partial charge is 0.393 e. The second kappa shape index (κ2) is 12.1. The van der Waals surface area contributed by atoms with Gasteiger partial charge in [0, 0.05) is 25.3 Å². The van der Waals surface area contributed by atoms with Gasteiger partial charge in [-0.3, -0.25) is 19.2 Å². The Kier molecular flexibility index (Phi) is 8.65. The Morgan fingerprint density at radius 2 is 2.00 bits per heavy atom. The molecule has 3 N–H and O–H groups in total. The zero-order chi connectivity index (χ0) is 31.1. The van der Waals surface area contributed by atoms with Crippen LogP contribution < -0.4 is 16.2 Å². The summed E-state index contributed by atoms with van der Waals surface area (Å²) in [6.07, 6.45) is -3.60. The lowest BCUT2D eigenvalue weighted by Crippen LogP contribution is -2.57. The minimum Gasteiger partial charge on any atom is -0.378 e. The Hall–Kier alpha value is -3.72. The number of anilines is 1. The third-order valence-corrected chi connectivity index (χ3v) is 9.33. The highest BCUT2D eigenvalue weighted by atomic mass is 32.1. The van der Waals surface area contributed by atoms with Crippen LogP contribution in [0.3, 0.4) is 0 Å². The second-order valence-electron chi connectivity index (χ2n) is 10.8. The number of hydrogen-bond acceptors (Lipinski definition) is 8. The Morgan fingerprint density at radius 1 is 1.23 bits per heavy atom. The predicted molar refractivity (Wildman–Crippen MR) is 155 cm³/mol. The molecule has 1 saturated heterocycles. The number of rotatable bonds is 9. The first kappa shape index (κ1) is 30.7. The van der Waals surface area contributed by atoms with E-state index in [-0.39, 0.29) is 46.3 Å². The van der Waals surface area contributed by atoms with Gasteiger partial charge in [0.1, 0.15) is 11.7 Å². The number of aromatic nitrogens is 4. The molecule has 15 heteroatoms. The first-order valence-electron chi connectivity index (χ1n) is 14.0. The maximum atomic E-state index is 15.7. The summed E-state index contributed by atoms with van der Waals surface area (Å²) in [5, 5.41) is 12.7. The van der Waals surface area contributed by atoms with Crippen LogP contribution in [0.25, 0.3) is 20.8 Å². The van der Waals surface area contributed by atoms with Gasteiger partial charge >= 0.3 is 6.18 Å². The van der Waals surface area contributed by atoms with E-state index in [4.69, 9.17) is 4.52 Å². The van der Waals surface area contributed by atoms with Crippen LogP contribution in [-0.4, -0.2) is 68.2 Å². The molecular formula is C28H33F4N7O3S. The number of amides is 1. The molecule has 1 amide bonds. The number of thiophene rings is 1. The number of carbonyl (C=O) groups excluding carboxylic acids is 1. The molecule has 5 rings (SSSR count). The van der Waals surface area contributed by atoms with Crippen LogP contribution in [0, 0.1) is 0 Å². The third kappa shape index (κ3) is 6.18. The number of fused-ring (bicyclic) bond motifs is 1. The molecule has 1 aromatic carbocycles. The number of halogens is 4. The highest BCUT2D eigenvalue weighted by Gasteiger charge is 2.40. The van der Waals surface area contributed by atoms with Crippen molar-refractivity contribution in [2.24, 2.45) is 7.05 Å². The van der Waals surface area contributed by atoms with E-state index in [1.54, 1.807) is 18.2 Å². The standard InChI is InChI=1S/C28H33F4N7O3S/c1-5-14-10-19(22(29)20(6-2)38(14)3)35-18-9-7-8-15-16(11-28(30,31)32)24(43-23(15)18)25-36-21(42-37-25)13-33-26(40)17-12-34-39(4)27(17)41/h7-9,12,14,19-20,22,34-35H,5-6,10-11,13H2,1-4H3,(H,33,40). The monoisotopic (exact) mass is 623 g/mol. The quantitative estimate of drug-likeness (QED) is 0.224. The molecule has 0 aliphatic carbocycles. The van der Waals surface area contributed by atoms with Crippen molar-refractivity contribution in [3.05, 3.63) is 51.8 Å². The molecule has 0 bridgehead atoms. The fourth-order valence-electron chi connectivity index (χ4n) is 5.79. The number of carbonyl (C=O) groups is 1. The molecule has 0 saturated carbocycles. The zero-order valence-electron chi connectivity index (χ0n) is 24.1. The van der Waals surface area contributed by atoms with E-state index < -0.39 is 36.3 Å². The summed E-state index contributed by atoms with van der Waals surface area (Å²) in [6.45, 7) is 3.77. The van der Waals surface area contributed by atoms with Gasteiger partial charge in [-0.1, -0.05) is 31.1 Å². The Bertz CT molecular complexity index is 1660. The van der Waals surface area contributed by atoms with Gasteiger partial charge in [0.2, 0.25) is 11.7 Å². The first-order valence-corrected chi connectivity index (χ1v) is 14.8. The van der Waals surface area contributed by atoms with Crippen LogP contribution in [0.4, 0.5) is 23.2 Å². The third-order valence-electron chi connectivity index (χ3n) is 8.06. The highest BCUT2D eigenvalue weighted by Crippen LogP contribution is 2.44. The topological polar surface area (TPSA) is 121 Å². The number of nitrogens with one attached hydrogen (secondary N) is 3. The van der Waals surface area contributed by atoms with Gasteiger partial charge in [-0.25, -0.2) is 4.39 Å². The van der Waals surface area contributed by atoms with Gasteiger partial charge in [-0.15, -0.1) is 11.3 Å². The Balaban J connectivity index is 1.45. The maximum absolute atomic E-state index is 15.7. The van der Waals surface area contributed by atoms with Crippen LogP contribution in [0.5, 0.6) is 0 Å². The normalized spacial score (nSPS) is 21.4. The van der Waals surface area contributed by atoms with Gasteiger partial charge in [0.15, 0.2) is 0 Å². The SMILES string of the molecule is CCC1CC(Nc2cccc3c(CC(F)(F)F)c(-c4noc(CNC(=O)c5c[nH]n(C)c5=O)n4)sc23)C(F)C(CC)N1C. The van der Waals surface area contributed by atoms with Crippen molar-refractivity contribution in [2.75, 3.05) is 12.4 Å². The van der Waals surface area contributed by atoms with E-state index in [1.807, 2.05) is 14.0 Å². The number of nitrogens with zero attached hydrogens (tertiary/aromatic N) is 4. The Morgan fingerprint density at radius 3 is 2.65 bits per heavy atom. The lowest BCUT2D eigenvalue weighted by atomic mass is 9.87. The van der Waals surface area contributed by atoms with Crippen LogP contribution in [0.2, 0.25) is 0 Å². The van der Waals surface area contributed by atoms with E-state index >= 15 is 4.39 Å². The molecule has 43 heavy (non-hydrogen) atoms. The van der Waals surface area contributed by atoms with Crippen molar-refractivity contribution < 1.29 is 26.9 Å². The highest BCUT2D eigenvalue weighted by molar-refractivity contribution is 7.23. The number of piperidine rings is 1. The second-order valence-corrected chi connectivity index (χ2v) is 11.8. The molecule has 4 heterocycles. The molecule has 1 fully saturated rings. The predicted octanol–water partition coefficient (Wildman–Crippen LogP) is 5.02. The fourth-order valence-corrected chi connectivity index (χ4v) is 7.02. The summed E-state index contributed by atoms with van der Waals surface area (Å²) in [5.74, 6) is -0.784. The van der Waals surface area contributed by atoms with Crippen molar-refractivity contribution in [3.63, 3.8) is 0 Å². The number of alkyl halides is 4. The van der Waals surface area contributed by atoms with E-state index in [0.29, 0.717) is 28.6 Å². The average Bonchev–Trinajstić information content (AvgIpc) is 3.66. The fraction of sp³-hybridized carbons (Fsp3) is 0.500. The number of H-pyrrole nitrogens is 1. The van der Waals surface area contributed by atoms with Crippen molar-refractivity contribution in [2.45, 2.75) is 76.5 Å². The number of aromatic amines is 1. The zero-order valence-corrected chi connectivity index (χ0v) is 24.9. The number of likely N-dealkylation sites (tertiary alicyclic amines) is 1. The molecule has 4 unspecified atom stereocenters. The van der Waals surface area contributed by atoms with Crippen LogP contribution >= 0.6 is 11.3 Å². The summed E-state index contributed by atoms with van der Waals surface area (Å²) in [4.78, 5) is 30.9. The molecule has 3 aromatic heterocycles. The first-order chi connectivity index (χ1) is 20.4. The van der Waals surface area contributed by atoms with Gasteiger partial charge in [0.25, 0.3) is 11.5 Å². The van der Waals surface area contributed by atoms with Crippen molar-refractivity contribution in [1.29, 1.82) is 0 Å². The van der Waals surface area contributed by atoms with Crippen molar-refractivity contribution in [1.82, 2.24) is 30.1 Å². The molecule has 4 atom stereocenters. The molecule has 10 nitrogen and oxygen atoms in total. The molecule has 4 aromatic rings. The molecule has 232 valence electrons. The van der Waals surface area contributed by atoms with E-state index in [9.17, 15) is 22.8 Å². The minimum absolute atomic E-state index is 0.0126. The smallest absolute Gasteiger partial charge is 0.378 e. The molecule has 1 aliphatic rings. The van der Waals surface area contributed by atoms with E-state index in [1.165, 1.54) is 13.2 Å². The lowest BCUT2D eigenvalue weighted by molar-refractivity contribution is -0.126. The van der Waals surface area contributed by atoms with Crippen LogP contribution in [-0.2, 0) is 20.0 Å². The summed E-state index contributed by atoms with van der Waals surface area (Å²) in [7, 11) is 3.40. The summed E-state index contributed by atoms with van der Waals surface area (Å²) < 4.78 is 63.9. The summed E-state index contributed by atoms with van der Waals surface area (Å²) in [6, 6.07) is 4.40. The van der Waals surface area contributed by atoms with E-state index in [0.717, 1.165) is 22.4 Å². The van der Waals surface area contributed by atoms with Gasteiger partial charge < -0.3 is 20.3 Å². The lowest BCUT2D eigenvalue weighted by Gasteiger charge is -2.45. The molecule has 0 spiro atoms. The maximum Gasteiger partial charge on any atom is 0.393 e. The number of hydrogen-bond donors (Lipinski definition) is 3. The van der Waals surface area contributed by atoms with Gasteiger partial charge in [-0.05, 0) is 43.3 Å².